The van der Waals surface area contributed by atoms with Crippen molar-refractivity contribution in [3.8, 4) is 0 Å². The number of carbonyl (C=O) groups excluding carboxylic acids is 3. The van der Waals surface area contributed by atoms with Crippen LogP contribution in [0.25, 0.3) is 10.9 Å². The van der Waals surface area contributed by atoms with Crippen molar-refractivity contribution in [1.29, 1.82) is 0 Å². The maximum atomic E-state index is 12.6. The molecule has 10 nitrogen and oxygen atoms in total. The highest BCUT2D eigenvalue weighted by Crippen LogP contribution is 2.19. The van der Waals surface area contributed by atoms with Crippen molar-refractivity contribution in [2.45, 2.75) is 24.3 Å². The number of sulfonamides is 1. The first-order valence-electron chi connectivity index (χ1n) is 9.55. The second kappa shape index (κ2) is 9.62. The lowest BCUT2D eigenvalue weighted by atomic mass is 10.0. The highest BCUT2D eigenvalue weighted by molar-refractivity contribution is 7.89. The molecule has 168 valence electrons. The van der Waals surface area contributed by atoms with Gasteiger partial charge in [0.2, 0.25) is 15.9 Å². The average Bonchev–Trinajstić information content (AvgIpc) is 3.14. The van der Waals surface area contributed by atoms with Gasteiger partial charge in [-0.3, -0.25) is 9.59 Å². The fourth-order valence-corrected chi connectivity index (χ4v) is 3.70. The molecule has 0 saturated carbocycles. The van der Waals surface area contributed by atoms with Gasteiger partial charge in [-0.2, -0.15) is 0 Å². The second-order valence-electron chi connectivity index (χ2n) is 7.05. The third kappa shape index (κ3) is 5.93. The molecule has 1 atom stereocenters. The molecule has 0 spiro atoms. The minimum absolute atomic E-state index is 0.167. The molecule has 3 rings (SSSR count). The third-order valence-corrected chi connectivity index (χ3v) is 5.46. The van der Waals surface area contributed by atoms with Crippen LogP contribution in [0, 0.1) is 0 Å². The molecule has 0 unspecified atom stereocenters. The maximum Gasteiger partial charge on any atom is 0.329 e. The first kappa shape index (κ1) is 23.0. The number of primary sulfonamides is 1. The average molecular weight is 458 g/mol. The monoisotopic (exact) mass is 458 g/mol. The Balaban J connectivity index is 1.64. The summed E-state index contributed by atoms with van der Waals surface area (Å²) in [6.07, 6.45) is 1.92. The summed E-state index contributed by atoms with van der Waals surface area (Å²) in [6, 6.07) is 11.9. The van der Waals surface area contributed by atoms with Crippen LogP contribution in [0.2, 0.25) is 0 Å². The van der Waals surface area contributed by atoms with Gasteiger partial charge in [0, 0.05) is 36.1 Å². The molecule has 3 aromatic rings. The molecule has 0 aliphatic heterocycles. The Morgan fingerprint density at radius 3 is 2.59 bits per heavy atom. The summed E-state index contributed by atoms with van der Waals surface area (Å²) in [6.45, 7) is 0.656. The molecule has 0 fully saturated rings. The zero-order valence-corrected chi connectivity index (χ0v) is 17.9. The van der Waals surface area contributed by atoms with Crippen molar-refractivity contribution < 1.29 is 27.5 Å². The molecule has 32 heavy (non-hydrogen) atoms. The van der Waals surface area contributed by atoms with Crippen molar-refractivity contribution in [3.63, 3.8) is 0 Å². The third-order valence-electron chi connectivity index (χ3n) is 4.55. The number of benzene rings is 2. The SMILES string of the molecule is CC(=O)N[C@@H](Cc1c[nH]c2ccccc12)C(=O)OCC(=O)Nc1cccc(S(N)(=O)=O)c1. The zero-order valence-electron chi connectivity index (χ0n) is 17.1. The van der Waals surface area contributed by atoms with Crippen LogP contribution in [-0.2, 0) is 35.6 Å². The Kier molecular flexibility index (Phi) is 6.91. The minimum Gasteiger partial charge on any atom is -0.454 e. The van der Waals surface area contributed by atoms with E-state index in [0.29, 0.717) is 0 Å². The Bertz CT molecular complexity index is 1270. The van der Waals surface area contributed by atoms with Crippen molar-refractivity contribution >= 4 is 44.4 Å². The number of nitrogens with two attached hydrogens (primary N) is 1. The fourth-order valence-electron chi connectivity index (χ4n) is 3.14. The summed E-state index contributed by atoms with van der Waals surface area (Å²) in [5.74, 6) is -1.88. The number of aromatic nitrogens is 1. The van der Waals surface area contributed by atoms with Crippen LogP contribution in [0.5, 0.6) is 0 Å². The molecule has 0 saturated heterocycles. The van der Waals surface area contributed by atoms with Crippen LogP contribution in [-0.4, -0.2) is 43.8 Å². The molecule has 2 aromatic carbocycles. The van der Waals surface area contributed by atoms with Gasteiger partial charge in [-0.25, -0.2) is 18.4 Å². The van der Waals surface area contributed by atoms with Crippen LogP contribution >= 0.6 is 0 Å². The van der Waals surface area contributed by atoms with E-state index in [1.54, 1.807) is 6.20 Å². The molecular weight excluding hydrogens is 436 g/mol. The first-order chi connectivity index (χ1) is 15.1. The van der Waals surface area contributed by atoms with E-state index in [0.717, 1.165) is 16.5 Å². The van der Waals surface area contributed by atoms with Crippen molar-refractivity contribution in [1.82, 2.24) is 10.3 Å². The number of nitrogens with one attached hydrogen (secondary N) is 3. The Hall–Kier alpha value is -3.70. The number of fused-ring (bicyclic) bond motifs is 1. The van der Waals surface area contributed by atoms with Gasteiger partial charge in [0.1, 0.15) is 6.04 Å². The van der Waals surface area contributed by atoms with Gasteiger partial charge in [0.05, 0.1) is 4.90 Å². The van der Waals surface area contributed by atoms with Crippen LogP contribution in [0.4, 0.5) is 5.69 Å². The molecule has 0 aliphatic carbocycles. The lowest BCUT2D eigenvalue weighted by molar-refractivity contribution is -0.150. The number of anilines is 1. The van der Waals surface area contributed by atoms with Crippen LogP contribution in [0.3, 0.4) is 0 Å². The summed E-state index contributed by atoms with van der Waals surface area (Å²) in [5.41, 5.74) is 1.87. The van der Waals surface area contributed by atoms with Gasteiger partial charge in [-0.05, 0) is 29.8 Å². The van der Waals surface area contributed by atoms with Gasteiger partial charge in [0.25, 0.3) is 5.91 Å². The van der Waals surface area contributed by atoms with Gasteiger partial charge in [0.15, 0.2) is 6.61 Å². The van der Waals surface area contributed by atoms with E-state index in [9.17, 15) is 22.8 Å². The van der Waals surface area contributed by atoms with E-state index in [1.165, 1.54) is 31.2 Å². The maximum absolute atomic E-state index is 12.6. The second-order valence-corrected chi connectivity index (χ2v) is 8.61. The number of para-hydroxylation sites is 1. The van der Waals surface area contributed by atoms with Crippen molar-refractivity contribution in [2.75, 3.05) is 11.9 Å². The standard InChI is InChI=1S/C21H22N4O6S/c1-13(26)24-19(9-14-11-23-18-8-3-2-7-17(14)18)21(28)31-12-20(27)25-15-5-4-6-16(10-15)32(22,29)30/h2-8,10-11,19,23H,9,12H2,1H3,(H,24,26)(H,25,27)(H2,22,29,30)/t19-/m0/s1. The summed E-state index contributed by atoms with van der Waals surface area (Å²) in [7, 11) is -3.93. The summed E-state index contributed by atoms with van der Waals surface area (Å²) >= 11 is 0. The van der Waals surface area contributed by atoms with Gasteiger partial charge < -0.3 is 20.4 Å². The Labute approximate surface area is 184 Å². The summed E-state index contributed by atoms with van der Waals surface area (Å²) in [4.78, 5) is 39.2. The molecular formula is C21H22N4O6S. The van der Waals surface area contributed by atoms with Crippen LogP contribution < -0.4 is 15.8 Å². The molecule has 1 aromatic heterocycles. The number of rotatable bonds is 8. The van der Waals surface area contributed by atoms with E-state index in [1.807, 2.05) is 24.3 Å². The smallest absolute Gasteiger partial charge is 0.329 e. The van der Waals surface area contributed by atoms with E-state index in [-0.39, 0.29) is 17.0 Å². The van der Waals surface area contributed by atoms with Gasteiger partial charge in [-0.15, -0.1) is 0 Å². The Morgan fingerprint density at radius 2 is 1.88 bits per heavy atom. The van der Waals surface area contributed by atoms with Crippen molar-refractivity contribution in [3.05, 3.63) is 60.3 Å². The normalized spacial score (nSPS) is 12.2. The number of aromatic amines is 1. The number of ether oxygens (including phenoxy) is 1. The van der Waals surface area contributed by atoms with Crippen LogP contribution in [0.1, 0.15) is 12.5 Å². The lowest BCUT2D eigenvalue weighted by Crippen LogP contribution is -2.43. The van der Waals surface area contributed by atoms with Gasteiger partial charge >= 0.3 is 5.97 Å². The number of H-pyrrole nitrogens is 1. The van der Waals surface area contributed by atoms with E-state index < -0.39 is 40.5 Å². The highest BCUT2D eigenvalue weighted by atomic mass is 32.2. The number of amides is 2. The largest absolute Gasteiger partial charge is 0.454 e. The molecule has 0 radical (unpaired) electrons. The molecule has 0 bridgehead atoms. The van der Waals surface area contributed by atoms with E-state index in [4.69, 9.17) is 9.88 Å². The first-order valence-corrected chi connectivity index (χ1v) is 11.1. The van der Waals surface area contributed by atoms with E-state index in [2.05, 4.69) is 15.6 Å². The minimum atomic E-state index is -3.93. The summed E-state index contributed by atoms with van der Waals surface area (Å²) < 4.78 is 27.9. The Morgan fingerprint density at radius 1 is 1.12 bits per heavy atom. The fraction of sp³-hybridized carbons (Fsp3) is 0.190. The summed E-state index contributed by atoms with van der Waals surface area (Å²) in [5, 5.41) is 10.9. The molecule has 0 aliphatic rings. The topological polar surface area (TPSA) is 160 Å². The number of hydrogen-bond donors (Lipinski definition) is 4. The van der Waals surface area contributed by atoms with E-state index >= 15 is 0 Å². The molecule has 2 amide bonds. The molecule has 5 N–H and O–H groups in total. The number of hydrogen-bond acceptors (Lipinski definition) is 6. The molecule has 11 heteroatoms. The van der Waals surface area contributed by atoms with Crippen LogP contribution in [0.15, 0.2) is 59.6 Å². The zero-order chi connectivity index (χ0) is 23.3. The lowest BCUT2D eigenvalue weighted by Gasteiger charge is -2.16. The van der Waals surface area contributed by atoms with Crippen molar-refractivity contribution in [2.24, 2.45) is 5.14 Å². The predicted molar refractivity (Wildman–Crippen MR) is 117 cm³/mol. The van der Waals surface area contributed by atoms with Gasteiger partial charge in [-0.1, -0.05) is 24.3 Å². The predicted octanol–water partition coefficient (Wildman–Crippen LogP) is 1.04. The highest BCUT2D eigenvalue weighted by Gasteiger charge is 2.24. The number of esters is 1. The number of carbonyl (C=O) groups is 3. The quantitative estimate of drug-likeness (QED) is 0.369. The molecule has 1 heterocycles.